The van der Waals surface area contributed by atoms with Crippen molar-refractivity contribution in [3.8, 4) is 0 Å². The maximum atomic E-state index is 13.1. The number of aliphatic hydroxyl groups excluding tert-OH is 1. The number of hydrogen-bond donors (Lipinski definition) is 3. The van der Waals surface area contributed by atoms with Gasteiger partial charge in [-0.2, -0.15) is 0 Å². The van der Waals surface area contributed by atoms with Crippen molar-refractivity contribution in [3.63, 3.8) is 0 Å². The molecule has 3 N–H and O–H groups in total. The molecule has 19 heteroatoms. The van der Waals surface area contributed by atoms with Gasteiger partial charge in [0, 0.05) is 25.7 Å². The van der Waals surface area contributed by atoms with Gasteiger partial charge in [0.25, 0.3) is 0 Å². The molecule has 0 aliphatic carbocycles. The Kier molecular flexibility index (Phi) is 72.8. The Bertz CT molecular complexity index is 1990. The first-order chi connectivity index (χ1) is 49.8. The zero-order chi connectivity index (χ0) is 75.8. The monoisotopic (exact) mass is 1510 g/mol. The topological polar surface area (TPSA) is 237 Å². The van der Waals surface area contributed by atoms with Gasteiger partial charge in [-0.25, -0.2) is 9.13 Å². The molecular weight excluding hydrogens is 1340 g/mol. The number of phosphoric acid groups is 2. The van der Waals surface area contributed by atoms with Crippen LogP contribution < -0.4 is 0 Å². The first-order valence-corrected chi connectivity index (χ1v) is 46.4. The van der Waals surface area contributed by atoms with E-state index in [1.807, 2.05) is 0 Å². The summed E-state index contributed by atoms with van der Waals surface area (Å²) in [6.45, 7) is 12.0. The molecule has 0 saturated heterocycles. The van der Waals surface area contributed by atoms with Crippen molar-refractivity contribution in [2.24, 2.45) is 17.8 Å². The van der Waals surface area contributed by atoms with Crippen LogP contribution in [0.4, 0.5) is 0 Å². The van der Waals surface area contributed by atoms with Gasteiger partial charge in [0.2, 0.25) is 0 Å². The van der Waals surface area contributed by atoms with Crippen LogP contribution in [0, 0.1) is 17.8 Å². The summed E-state index contributed by atoms with van der Waals surface area (Å²) in [4.78, 5) is 73.1. The van der Waals surface area contributed by atoms with E-state index in [1.165, 1.54) is 244 Å². The second kappa shape index (κ2) is 74.2. The summed E-state index contributed by atoms with van der Waals surface area (Å²) >= 11 is 0. The third-order valence-corrected chi connectivity index (χ3v) is 21.9. The van der Waals surface area contributed by atoms with Crippen LogP contribution >= 0.6 is 15.6 Å². The minimum absolute atomic E-state index is 0.107. The fourth-order valence-corrected chi connectivity index (χ4v) is 14.6. The lowest BCUT2D eigenvalue weighted by Crippen LogP contribution is -2.30. The summed E-state index contributed by atoms with van der Waals surface area (Å²) < 4.78 is 68.8. The lowest BCUT2D eigenvalue weighted by Gasteiger charge is -2.21. The van der Waals surface area contributed by atoms with Crippen molar-refractivity contribution in [1.82, 2.24) is 0 Å². The van der Waals surface area contributed by atoms with Crippen LogP contribution in [-0.2, 0) is 65.4 Å². The number of carbonyl (C=O) groups excluding carboxylic acids is 4. The van der Waals surface area contributed by atoms with Gasteiger partial charge < -0.3 is 33.8 Å². The molecule has 0 amide bonds. The Balaban J connectivity index is 5.22. The number of esters is 4. The van der Waals surface area contributed by atoms with E-state index in [1.54, 1.807) is 0 Å². The predicted molar refractivity (Wildman–Crippen MR) is 423 cm³/mol. The second-order valence-corrected chi connectivity index (χ2v) is 34.3. The average Bonchev–Trinajstić information content (AvgIpc) is 0.916. The van der Waals surface area contributed by atoms with Gasteiger partial charge in [0.15, 0.2) is 12.2 Å². The van der Waals surface area contributed by atoms with E-state index in [9.17, 15) is 43.2 Å². The lowest BCUT2D eigenvalue weighted by molar-refractivity contribution is -0.161. The van der Waals surface area contributed by atoms with Crippen molar-refractivity contribution < 1.29 is 80.2 Å². The van der Waals surface area contributed by atoms with Crippen LogP contribution in [0.15, 0.2) is 0 Å². The maximum Gasteiger partial charge on any atom is 0.472 e. The molecule has 0 saturated carbocycles. The Morgan fingerprint density at radius 1 is 0.282 bits per heavy atom. The molecular formula is C84H164O17P2. The smallest absolute Gasteiger partial charge is 0.462 e. The summed E-state index contributed by atoms with van der Waals surface area (Å²) in [7, 11) is -9.92. The van der Waals surface area contributed by atoms with E-state index < -0.39 is 97.5 Å². The van der Waals surface area contributed by atoms with Gasteiger partial charge >= 0.3 is 39.5 Å². The van der Waals surface area contributed by atoms with Crippen molar-refractivity contribution in [3.05, 3.63) is 0 Å². The third-order valence-electron chi connectivity index (χ3n) is 20.0. The molecule has 0 spiro atoms. The van der Waals surface area contributed by atoms with Gasteiger partial charge in [-0.1, -0.05) is 389 Å². The van der Waals surface area contributed by atoms with Gasteiger partial charge in [-0.15, -0.1) is 0 Å². The Labute approximate surface area is 632 Å². The molecule has 0 rings (SSSR count). The quantitative estimate of drug-likeness (QED) is 0.0222. The first kappa shape index (κ1) is 101. The molecule has 0 aromatic rings. The lowest BCUT2D eigenvalue weighted by atomic mass is 9.99. The fraction of sp³-hybridized carbons (Fsp3) is 0.952. The van der Waals surface area contributed by atoms with Crippen LogP contribution in [0.1, 0.15) is 440 Å². The second-order valence-electron chi connectivity index (χ2n) is 31.4. The summed E-state index contributed by atoms with van der Waals surface area (Å²) in [6.07, 6.45) is 63.9. The van der Waals surface area contributed by atoms with Gasteiger partial charge in [-0.05, 0) is 43.4 Å². The number of carbonyl (C=O) groups is 4. The van der Waals surface area contributed by atoms with Gasteiger partial charge in [0.05, 0.1) is 26.4 Å². The van der Waals surface area contributed by atoms with Crippen LogP contribution in [0.3, 0.4) is 0 Å². The predicted octanol–water partition coefficient (Wildman–Crippen LogP) is 25.3. The zero-order valence-corrected chi connectivity index (χ0v) is 69.6. The number of unbranched alkanes of at least 4 members (excludes halogenated alkanes) is 49. The zero-order valence-electron chi connectivity index (χ0n) is 67.8. The largest absolute Gasteiger partial charge is 0.472 e. The highest BCUT2D eigenvalue weighted by Gasteiger charge is 2.30. The molecule has 3 unspecified atom stereocenters. The molecule has 103 heavy (non-hydrogen) atoms. The van der Waals surface area contributed by atoms with Gasteiger partial charge in [0.1, 0.15) is 19.3 Å². The number of rotatable bonds is 82. The van der Waals surface area contributed by atoms with E-state index in [-0.39, 0.29) is 25.7 Å². The molecule has 0 fully saturated rings. The number of phosphoric ester groups is 2. The molecule has 0 aromatic heterocycles. The Morgan fingerprint density at radius 2 is 0.495 bits per heavy atom. The number of hydrogen-bond acceptors (Lipinski definition) is 15. The molecule has 6 atom stereocenters. The van der Waals surface area contributed by atoms with Crippen molar-refractivity contribution in [2.75, 3.05) is 39.6 Å². The first-order valence-electron chi connectivity index (χ1n) is 43.4. The fourth-order valence-electron chi connectivity index (χ4n) is 13.0. The minimum Gasteiger partial charge on any atom is -0.462 e. The van der Waals surface area contributed by atoms with E-state index in [0.29, 0.717) is 31.6 Å². The summed E-state index contributed by atoms with van der Waals surface area (Å²) in [6, 6.07) is 0. The molecule has 0 aromatic carbocycles. The highest BCUT2D eigenvalue weighted by molar-refractivity contribution is 7.47. The van der Waals surface area contributed by atoms with Crippen molar-refractivity contribution >= 4 is 39.5 Å². The number of ether oxygens (including phenoxy) is 4. The summed E-state index contributed by atoms with van der Waals surface area (Å²) in [5.74, 6) is 0.223. The minimum atomic E-state index is -4.96. The Morgan fingerprint density at radius 3 is 0.738 bits per heavy atom. The molecule has 0 aliphatic rings. The molecule has 0 aliphatic heterocycles. The van der Waals surface area contributed by atoms with Crippen LogP contribution in [0.25, 0.3) is 0 Å². The molecule has 0 heterocycles. The van der Waals surface area contributed by atoms with Gasteiger partial charge in [-0.3, -0.25) is 37.3 Å². The highest BCUT2D eigenvalue weighted by atomic mass is 31.2. The third kappa shape index (κ3) is 76.6. The van der Waals surface area contributed by atoms with E-state index in [4.69, 9.17) is 37.0 Å². The highest BCUT2D eigenvalue weighted by Crippen LogP contribution is 2.45. The van der Waals surface area contributed by atoms with E-state index in [0.717, 1.165) is 108 Å². The molecule has 0 bridgehead atoms. The standard InChI is InChI=1S/C84H164O17P2/c1-8-10-11-12-13-14-15-16-17-18-19-22-29-34-39-44-53-60-68-84(89)101-80(72-95-82(87)66-59-52-47-46-49-56-63-76(5)6)74-99-103(92,93)97-70-78(85)69-96-102(90,91)98-73-79(100-83(88)67-61-54-45-40-35-30-23-20-21-26-31-36-41-48-55-62-75(3)4)71-94-81(86)65-58-51-43-38-33-28-25-24-27-32-37-42-50-57-64-77(7)9-2/h75-80,85H,8-74H2,1-7H3,(H,90,91)(H,92,93)/t77?,78-,79-,80-/m1/s1. The molecule has 612 valence electrons. The van der Waals surface area contributed by atoms with E-state index in [2.05, 4.69) is 48.5 Å². The summed E-state index contributed by atoms with van der Waals surface area (Å²) in [5.41, 5.74) is 0. The number of aliphatic hydroxyl groups is 1. The van der Waals surface area contributed by atoms with Crippen molar-refractivity contribution in [2.45, 2.75) is 458 Å². The summed E-state index contributed by atoms with van der Waals surface area (Å²) in [5, 5.41) is 10.7. The molecule has 17 nitrogen and oxygen atoms in total. The van der Waals surface area contributed by atoms with E-state index >= 15 is 0 Å². The Hall–Kier alpha value is -1.94. The SMILES string of the molecule is CCCCCCCCCCCCCCCCCCCCC(=O)O[C@H](COC(=O)CCCCCCCCC(C)C)COP(=O)(O)OC[C@H](O)COP(=O)(O)OC[C@@H](COC(=O)CCCCCCCCCCCCCCCCC(C)CC)OC(=O)CCCCCCCCCCCCCCCCCC(C)C. The normalized spacial score (nSPS) is 14.2. The molecule has 0 radical (unpaired) electrons. The van der Waals surface area contributed by atoms with Crippen molar-refractivity contribution in [1.29, 1.82) is 0 Å². The maximum absolute atomic E-state index is 13.1. The van der Waals surface area contributed by atoms with Crippen LogP contribution in [0.5, 0.6) is 0 Å². The van der Waals surface area contributed by atoms with Crippen LogP contribution in [0.2, 0.25) is 0 Å². The average molecular weight is 1510 g/mol. The van der Waals surface area contributed by atoms with Crippen LogP contribution in [-0.4, -0.2) is 96.7 Å².